The lowest BCUT2D eigenvalue weighted by molar-refractivity contribution is 0.152. The molecular formula is C13H27N3. The Morgan fingerprint density at radius 2 is 1.81 bits per heavy atom. The van der Waals surface area contributed by atoms with Gasteiger partial charge in [0.05, 0.1) is 0 Å². The second-order valence-corrected chi connectivity index (χ2v) is 5.54. The minimum absolute atomic E-state index is 0.661. The van der Waals surface area contributed by atoms with Gasteiger partial charge in [0.2, 0.25) is 0 Å². The maximum atomic E-state index is 6.01. The molecule has 0 bridgehead atoms. The van der Waals surface area contributed by atoms with Crippen molar-refractivity contribution in [3.63, 3.8) is 0 Å². The minimum Gasteiger partial charge on any atom is -0.329 e. The first-order chi connectivity index (χ1) is 7.81. The Bertz CT molecular complexity index is 201. The third-order valence-electron chi connectivity index (χ3n) is 4.41. The summed E-state index contributed by atoms with van der Waals surface area (Å²) in [6, 6.07) is 0.661. The van der Waals surface area contributed by atoms with Crippen molar-refractivity contribution in [2.24, 2.45) is 11.7 Å². The lowest BCUT2D eigenvalue weighted by Crippen LogP contribution is -2.46. The topological polar surface area (TPSA) is 32.5 Å². The summed E-state index contributed by atoms with van der Waals surface area (Å²) < 4.78 is 0. The molecule has 94 valence electrons. The molecule has 0 spiro atoms. The molecule has 0 aromatic carbocycles. The summed E-state index contributed by atoms with van der Waals surface area (Å²) in [6.07, 6.45) is 6.98. The predicted octanol–water partition coefficient (Wildman–Crippen LogP) is 1.14. The summed E-state index contributed by atoms with van der Waals surface area (Å²) in [5.74, 6) is 0.883. The first kappa shape index (κ1) is 12.3. The molecule has 1 saturated heterocycles. The Hall–Kier alpha value is -0.120. The SMILES string of the molecule is CN1CCCN(C(CN)C2CCCC2)CC1. The van der Waals surface area contributed by atoms with Crippen LogP contribution in [0.4, 0.5) is 0 Å². The molecule has 1 unspecified atom stereocenters. The molecule has 1 atom stereocenters. The van der Waals surface area contributed by atoms with Gasteiger partial charge in [0.25, 0.3) is 0 Å². The average molecular weight is 225 g/mol. The van der Waals surface area contributed by atoms with Gasteiger partial charge in [0, 0.05) is 25.7 Å². The Morgan fingerprint density at radius 1 is 1.06 bits per heavy atom. The highest BCUT2D eigenvalue weighted by Gasteiger charge is 2.29. The maximum absolute atomic E-state index is 6.01. The van der Waals surface area contributed by atoms with Crippen LogP contribution in [0, 0.1) is 5.92 Å². The number of nitrogens with two attached hydrogens (primary N) is 1. The van der Waals surface area contributed by atoms with Gasteiger partial charge in [0.15, 0.2) is 0 Å². The molecule has 2 rings (SSSR count). The Kier molecular flexibility index (Phi) is 4.62. The summed E-state index contributed by atoms with van der Waals surface area (Å²) >= 11 is 0. The van der Waals surface area contributed by atoms with Gasteiger partial charge < -0.3 is 10.6 Å². The predicted molar refractivity (Wildman–Crippen MR) is 68.5 cm³/mol. The summed E-state index contributed by atoms with van der Waals surface area (Å²) in [5, 5.41) is 0. The van der Waals surface area contributed by atoms with Gasteiger partial charge in [0.1, 0.15) is 0 Å². The smallest absolute Gasteiger partial charge is 0.0247 e. The van der Waals surface area contributed by atoms with Gasteiger partial charge >= 0.3 is 0 Å². The Labute approximate surface area is 100.0 Å². The largest absolute Gasteiger partial charge is 0.329 e. The zero-order valence-electron chi connectivity index (χ0n) is 10.7. The fourth-order valence-electron chi connectivity index (χ4n) is 3.38. The van der Waals surface area contributed by atoms with Gasteiger partial charge in [-0.3, -0.25) is 4.90 Å². The quantitative estimate of drug-likeness (QED) is 0.782. The second kappa shape index (κ2) is 5.99. The van der Waals surface area contributed by atoms with E-state index >= 15 is 0 Å². The Morgan fingerprint density at radius 3 is 2.50 bits per heavy atom. The van der Waals surface area contributed by atoms with Gasteiger partial charge in [-0.15, -0.1) is 0 Å². The van der Waals surface area contributed by atoms with Crippen molar-refractivity contribution in [1.82, 2.24) is 9.80 Å². The van der Waals surface area contributed by atoms with Crippen LogP contribution < -0.4 is 5.73 Å². The van der Waals surface area contributed by atoms with Crippen LogP contribution in [0.25, 0.3) is 0 Å². The third-order valence-corrected chi connectivity index (χ3v) is 4.41. The van der Waals surface area contributed by atoms with Crippen molar-refractivity contribution in [2.75, 3.05) is 39.8 Å². The van der Waals surface area contributed by atoms with Crippen molar-refractivity contribution >= 4 is 0 Å². The molecule has 2 aliphatic rings. The molecule has 3 nitrogen and oxygen atoms in total. The molecule has 2 N–H and O–H groups in total. The number of likely N-dealkylation sites (N-methyl/N-ethyl adjacent to an activating group) is 1. The number of nitrogens with zero attached hydrogens (tertiary/aromatic N) is 2. The fraction of sp³-hybridized carbons (Fsp3) is 1.00. The molecular weight excluding hydrogens is 198 g/mol. The van der Waals surface area contributed by atoms with E-state index in [0.717, 1.165) is 12.5 Å². The van der Waals surface area contributed by atoms with Crippen LogP contribution in [0.3, 0.4) is 0 Å². The van der Waals surface area contributed by atoms with Crippen molar-refractivity contribution < 1.29 is 0 Å². The molecule has 1 saturated carbocycles. The van der Waals surface area contributed by atoms with Crippen molar-refractivity contribution in [2.45, 2.75) is 38.1 Å². The normalized spacial score (nSPS) is 28.1. The molecule has 1 aliphatic carbocycles. The maximum Gasteiger partial charge on any atom is 0.0247 e. The molecule has 2 fully saturated rings. The van der Waals surface area contributed by atoms with Crippen molar-refractivity contribution in [1.29, 1.82) is 0 Å². The molecule has 1 heterocycles. The zero-order valence-corrected chi connectivity index (χ0v) is 10.7. The lowest BCUT2D eigenvalue weighted by atomic mass is 9.96. The molecule has 0 radical (unpaired) electrons. The number of hydrogen-bond donors (Lipinski definition) is 1. The molecule has 0 amide bonds. The van der Waals surface area contributed by atoms with E-state index in [-0.39, 0.29) is 0 Å². The van der Waals surface area contributed by atoms with E-state index in [1.807, 2.05) is 0 Å². The van der Waals surface area contributed by atoms with E-state index in [4.69, 9.17) is 5.73 Å². The summed E-state index contributed by atoms with van der Waals surface area (Å²) in [7, 11) is 2.23. The highest BCUT2D eigenvalue weighted by atomic mass is 15.2. The molecule has 0 aromatic heterocycles. The summed E-state index contributed by atoms with van der Waals surface area (Å²) in [5.41, 5.74) is 6.01. The molecule has 0 aromatic rings. The standard InChI is InChI=1S/C13H27N3/c1-15-7-4-8-16(10-9-15)13(11-14)12-5-2-3-6-12/h12-13H,2-11,14H2,1H3. The fourth-order valence-corrected chi connectivity index (χ4v) is 3.38. The first-order valence-corrected chi connectivity index (χ1v) is 6.94. The first-order valence-electron chi connectivity index (χ1n) is 6.94. The van der Waals surface area contributed by atoms with E-state index < -0.39 is 0 Å². The van der Waals surface area contributed by atoms with Crippen LogP contribution in [0.1, 0.15) is 32.1 Å². The summed E-state index contributed by atoms with van der Waals surface area (Å²) in [6.45, 7) is 5.79. The monoisotopic (exact) mass is 225 g/mol. The van der Waals surface area contributed by atoms with E-state index in [0.29, 0.717) is 6.04 Å². The summed E-state index contributed by atoms with van der Waals surface area (Å²) in [4.78, 5) is 5.11. The van der Waals surface area contributed by atoms with Crippen LogP contribution in [0.15, 0.2) is 0 Å². The number of rotatable bonds is 3. The van der Waals surface area contributed by atoms with E-state index in [2.05, 4.69) is 16.8 Å². The van der Waals surface area contributed by atoms with Gasteiger partial charge in [-0.05, 0) is 45.3 Å². The van der Waals surface area contributed by atoms with Crippen LogP contribution >= 0.6 is 0 Å². The third kappa shape index (κ3) is 2.96. The second-order valence-electron chi connectivity index (χ2n) is 5.54. The Balaban J connectivity index is 1.91. The lowest BCUT2D eigenvalue weighted by Gasteiger charge is -2.34. The van der Waals surface area contributed by atoms with Crippen LogP contribution in [0.2, 0.25) is 0 Å². The highest BCUT2D eigenvalue weighted by Crippen LogP contribution is 2.30. The van der Waals surface area contributed by atoms with Crippen LogP contribution in [-0.4, -0.2) is 55.6 Å². The molecule has 1 aliphatic heterocycles. The minimum atomic E-state index is 0.661. The average Bonchev–Trinajstić information content (AvgIpc) is 2.71. The van der Waals surface area contributed by atoms with Crippen molar-refractivity contribution in [3.8, 4) is 0 Å². The van der Waals surface area contributed by atoms with Crippen LogP contribution in [-0.2, 0) is 0 Å². The van der Waals surface area contributed by atoms with E-state index in [1.165, 1.54) is 58.3 Å². The molecule has 16 heavy (non-hydrogen) atoms. The molecule has 3 heteroatoms. The zero-order chi connectivity index (χ0) is 11.4. The van der Waals surface area contributed by atoms with Gasteiger partial charge in [-0.25, -0.2) is 0 Å². The highest BCUT2D eigenvalue weighted by molar-refractivity contribution is 4.85. The van der Waals surface area contributed by atoms with Crippen molar-refractivity contribution in [3.05, 3.63) is 0 Å². The number of hydrogen-bond acceptors (Lipinski definition) is 3. The van der Waals surface area contributed by atoms with Gasteiger partial charge in [-0.2, -0.15) is 0 Å². The van der Waals surface area contributed by atoms with Gasteiger partial charge in [-0.1, -0.05) is 12.8 Å². The van der Waals surface area contributed by atoms with Crippen LogP contribution in [0.5, 0.6) is 0 Å². The van der Waals surface area contributed by atoms with E-state index in [9.17, 15) is 0 Å². The van der Waals surface area contributed by atoms with E-state index in [1.54, 1.807) is 0 Å².